The van der Waals surface area contributed by atoms with Crippen molar-refractivity contribution in [3.63, 3.8) is 0 Å². The Labute approximate surface area is 306 Å². The SMILES string of the molecule is CCCCCCCC/C=C\CCCCC(O)C(=O)NC(COC1OC(CO)C(O)C(OS(=O)(=O)O)C1O)C(O)/C=C/CCCCCCCCCC. The van der Waals surface area contributed by atoms with Gasteiger partial charge in [0.15, 0.2) is 6.29 Å². The molecule has 1 amide bonds. The highest BCUT2D eigenvalue weighted by Crippen LogP contribution is 2.26. The summed E-state index contributed by atoms with van der Waals surface area (Å²) in [5.41, 5.74) is 0. The minimum Gasteiger partial charge on any atom is -0.394 e. The number of aliphatic hydroxyl groups excluding tert-OH is 5. The fraction of sp³-hybridized carbons (Fsp3) is 0.865. The van der Waals surface area contributed by atoms with Crippen LogP contribution in [0.5, 0.6) is 0 Å². The van der Waals surface area contributed by atoms with Gasteiger partial charge in [-0.25, -0.2) is 4.18 Å². The van der Waals surface area contributed by atoms with Gasteiger partial charge in [-0.3, -0.25) is 9.35 Å². The lowest BCUT2D eigenvalue weighted by Gasteiger charge is -2.41. The number of rotatable bonds is 31. The van der Waals surface area contributed by atoms with Crippen LogP contribution in [-0.2, 0) is 28.9 Å². The monoisotopic (exact) mass is 751 g/mol. The summed E-state index contributed by atoms with van der Waals surface area (Å²) in [6, 6.07) is -1.12. The molecular formula is C37H69NO12S. The van der Waals surface area contributed by atoms with Crippen molar-refractivity contribution in [2.24, 2.45) is 0 Å². The van der Waals surface area contributed by atoms with Gasteiger partial charge in [-0.15, -0.1) is 0 Å². The normalized spacial score (nSPS) is 23.2. The molecule has 0 aromatic carbocycles. The predicted molar refractivity (Wildman–Crippen MR) is 196 cm³/mol. The van der Waals surface area contributed by atoms with Crippen molar-refractivity contribution in [3.8, 4) is 0 Å². The third-order valence-corrected chi connectivity index (χ3v) is 9.55. The lowest BCUT2D eigenvalue weighted by molar-refractivity contribution is -0.298. The largest absolute Gasteiger partial charge is 0.397 e. The molecule has 8 atom stereocenters. The minimum absolute atomic E-state index is 0.213. The molecule has 51 heavy (non-hydrogen) atoms. The van der Waals surface area contributed by atoms with E-state index >= 15 is 0 Å². The van der Waals surface area contributed by atoms with Crippen molar-refractivity contribution in [3.05, 3.63) is 24.3 Å². The molecule has 7 N–H and O–H groups in total. The van der Waals surface area contributed by atoms with Crippen molar-refractivity contribution in [2.75, 3.05) is 13.2 Å². The average Bonchev–Trinajstić information content (AvgIpc) is 3.09. The molecule has 1 fully saturated rings. The molecule has 0 saturated carbocycles. The van der Waals surface area contributed by atoms with Gasteiger partial charge in [-0.1, -0.05) is 122 Å². The maximum Gasteiger partial charge on any atom is 0.397 e. The van der Waals surface area contributed by atoms with E-state index in [1.807, 2.05) is 0 Å². The Bertz CT molecular complexity index is 1040. The first-order valence-corrected chi connectivity index (χ1v) is 20.7. The van der Waals surface area contributed by atoms with Gasteiger partial charge in [0.25, 0.3) is 0 Å². The predicted octanol–water partition coefficient (Wildman–Crippen LogP) is 4.79. The maximum atomic E-state index is 13.0. The van der Waals surface area contributed by atoms with Crippen LogP contribution in [0.1, 0.15) is 142 Å². The summed E-state index contributed by atoms with van der Waals surface area (Å²) in [6.07, 6.45) is 17.2. The molecule has 14 heteroatoms. The van der Waals surface area contributed by atoms with Gasteiger partial charge in [-0.2, -0.15) is 8.42 Å². The van der Waals surface area contributed by atoms with Crippen LogP contribution >= 0.6 is 0 Å². The second-order valence-electron chi connectivity index (χ2n) is 13.7. The molecule has 0 aliphatic carbocycles. The molecule has 0 bridgehead atoms. The fourth-order valence-electron chi connectivity index (χ4n) is 5.92. The zero-order valence-corrected chi connectivity index (χ0v) is 31.8. The Kier molecular flexibility index (Phi) is 27.0. The number of allylic oxidation sites excluding steroid dienone is 3. The molecule has 1 rings (SSSR count). The number of aliphatic hydroxyl groups is 5. The summed E-state index contributed by atoms with van der Waals surface area (Å²) >= 11 is 0. The van der Waals surface area contributed by atoms with Crippen molar-refractivity contribution in [2.45, 2.75) is 191 Å². The lowest BCUT2D eigenvalue weighted by Crippen LogP contribution is -2.61. The van der Waals surface area contributed by atoms with Crippen molar-refractivity contribution in [1.82, 2.24) is 5.32 Å². The average molecular weight is 752 g/mol. The summed E-state index contributed by atoms with van der Waals surface area (Å²) in [7, 11) is -5.11. The summed E-state index contributed by atoms with van der Waals surface area (Å²) in [4.78, 5) is 13.0. The van der Waals surface area contributed by atoms with Crippen molar-refractivity contribution >= 4 is 16.3 Å². The molecule has 1 saturated heterocycles. The van der Waals surface area contributed by atoms with Gasteiger partial charge in [-0.05, 0) is 44.9 Å². The number of amides is 1. The number of nitrogens with one attached hydrogen (secondary N) is 1. The van der Waals surface area contributed by atoms with E-state index in [-0.39, 0.29) is 6.42 Å². The summed E-state index contributed by atoms with van der Waals surface area (Å²) in [5.74, 6) is -0.723. The van der Waals surface area contributed by atoms with Crippen LogP contribution in [0.15, 0.2) is 24.3 Å². The third-order valence-electron chi connectivity index (χ3n) is 9.08. The number of ether oxygens (including phenoxy) is 2. The number of hydrogen-bond donors (Lipinski definition) is 7. The molecule has 1 aliphatic heterocycles. The maximum absolute atomic E-state index is 13.0. The number of carbonyl (C=O) groups excluding carboxylic acids is 1. The highest BCUT2D eigenvalue weighted by Gasteiger charge is 2.48. The van der Waals surface area contributed by atoms with E-state index in [2.05, 4.69) is 35.5 Å². The van der Waals surface area contributed by atoms with E-state index in [0.29, 0.717) is 12.8 Å². The van der Waals surface area contributed by atoms with Crippen LogP contribution in [0.3, 0.4) is 0 Å². The van der Waals surface area contributed by atoms with Crippen LogP contribution in [0.4, 0.5) is 0 Å². The topological polar surface area (TPSA) is 212 Å². The first kappa shape index (κ1) is 47.6. The van der Waals surface area contributed by atoms with Crippen LogP contribution in [0, 0.1) is 0 Å². The molecular weight excluding hydrogens is 682 g/mol. The molecule has 0 radical (unpaired) electrons. The Morgan fingerprint density at radius 2 is 1.29 bits per heavy atom. The molecule has 0 aromatic heterocycles. The van der Waals surface area contributed by atoms with E-state index in [1.165, 1.54) is 76.7 Å². The summed E-state index contributed by atoms with van der Waals surface area (Å²) in [5, 5.41) is 54.7. The molecule has 0 aromatic rings. The van der Waals surface area contributed by atoms with Crippen LogP contribution < -0.4 is 5.32 Å². The standard InChI is InChI=1S/C37H69NO12S/c1-3-5-7-9-11-13-15-16-18-20-22-24-26-31(41)36(44)38-29(30(40)25-23-21-19-17-14-12-10-8-6-4-2)28-48-37-34(43)35(50-51(45,46)47)33(42)32(27-39)49-37/h16,18,23,25,29-35,37,39-43H,3-15,17,19-22,24,26-28H2,1-2H3,(H,38,44)(H,45,46,47)/b18-16-,25-23+. The van der Waals surface area contributed by atoms with Gasteiger partial charge >= 0.3 is 10.4 Å². The third kappa shape index (κ3) is 22.4. The van der Waals surface area contributed by atoms with Gasteiger partial charge in [0.1, 0.15) is 30.5 Å². The Morgan fingerprint density at radius 1 is 0.784 bits per heavy atom. The first-order chi connectivity index (χ1) is 24.4. The van der Waals surface area contributed by atoms with Gasteiger partial charge in [0, 0.05) is 0 Å². The van der Waals surface area contributed by atoms with E-state index in [0.717, 1.165) is 38.5 Å². The van der Waals surface area contributed by atoms with Crippen LogP contribution in [-0.4, -0.2) is 107 Å². The zero-order chi connectivity index (χ0) is 37.9. The van der Waals surface area contributed by atoms with Gasteiger partial charge in [0.2, 0.25) is 5.91 Å². The smallest absolute Gasteiger partial charge is 0.394 e. The Hall–Kier alpha value is -1.46. The fourth-order valence-corrected chi connectivity index (χ4v) is 6.43. The minimum atomic E-state index is -5.11. The second-order valence-corrected chi connectivity index (χ2v) is 14.7. The molecule has 0 spiro atoms. The number of hydrogen-bond acceptors (Lipinski definition) is 11. The highest BCUT2D eigenvalue weighted by atomic mass is 32.3. The molecule has 1 heterocycles. The lowest BCUT2D eigenvalue weighted by atomic mass is 9.99. The Morgan fingerprint density at radius 3 is 1.82 bits per heavy atom. The van der Waals surface area contributed by atoms with Gasteiger partial charge < -0.3 is 40.3 Å². The van der Waals surface area contributed by atoms with Crippen LogP contribution in [0.25, 0.3) is 0 Å². The molecule has 13 nitrogen and oxygen atoms in total. The van der Waals surface area contributed by atoms with Crippen LogP contribution in [0.2, 0.25) is 0 Å². The second kappa shape index (κ2) is 29.0. The number of unbranched alkanes of at least 4 members (excludes halogenated alkanes) is 16. The highest BCUT2D eigenvalue weighted by molar-refractivity contribution is 7.80. The molecule has 1 aliphatic rings. The molecule has 300 valence electrons. The first-order valence-electron chi connectivity index (χ1n) is 19.3. The van der Waals surface area contributed by atoms with E-state index in [9.17, 15) is 38.7 Å². The quantitative estimate of drug-likeness (QED) is 0.0290. The van der Waals surface area contributed by atoms with Gasteiger partial charge in [0.05, 0.1) is 25.4 Å². The van der Waals surface area contributed by atoms with Crippen molar-refractivity contribution < 1.29 is 57.0 Å². The van der Waals surface area contributed by atoms with E-state index in [1.54, 1.807) is 6.08 Å². The Balaban J connectivity index is 2.73. The van der Waals surface area contributed by atoms with E-state index in [4.69, 9.17) is 14.0 Å². The molecule has 8 unspecified atom stereocenters. The number of carbonyl (C=O) groups is 1. The van der Waals surface area contributed by atoms with Crippen molar-refractivity contribution in [1.29, 1.82) is 0 Å². The zero-order valence-electron chi connectivity index (χ0n) is 31.0. The van der Waals surface area contributed by atoms with E-state index < -0.39 is 78.5 Å². The summed E-state index contributed by atoms with van der Waals surface area (Å²) in [6.45, 7) is 3.12. The summed E-state index contributed by atoms with van der Waals surface area (Å²) < 4.78 is 47.2.